The van der Waals surface area contributed by atoms with Crippen LogP contribution in [0.2, 0.25) is 0 Å². The van der Waals surface area contributed by atoms with Gasteiger partial charge in [-0.25, -0.2) is 4.79 Å². The van der Waals surface area contributed by atoms with Crippen molar-refractivity contribution in [3.63, 3.8) is 0 Å². The number of hydrogen-bond acceptors (Lipinski definition) is 3. The molecule has 0 spiro atoms. The van der Waals surface area contributed by atoms with E-state index in [1.807, 2.05) is 18.2 Å². The summed E-state index contributed by atoms with van der Waals surface area (Å²) in [6.07, 6.45) is 2.19. The van der Waals surface area contributed by atoms with E-state index in [9.17, 15) is 4.79 Å². The quantitative estimate of drug-likeness (QED) is 0.580. The zero-order chi connectivity index (χ0) is 16.0. The van der Waals surface area contributed by atoms with E-state index in [4.69, 9.17) is 4.42 Å². The van der Waals surface area contributed by atoms with Crippen molar-refractivity contribution < 1.29 is 4.42 Å². The molecule has 0 atom stereocenters. The van der Waals surface area contributed by atoms with Gasteiger partial charge in [-0.3, -0.25) is 0 Å². The van der Waals surface area contributed by atoms with Crippen molar-refractivity contribution >= 4 is 28.3 Å². The molecule has 1 aliphatic heterocycles. The number of nitrogens with zero attached hydrogens (tertiary/aromatic N) is 1. The van der Waals surface area contributed by atoms with Crippen LogP contribution in [0, 0.1) is 0 Å². The van der Waals surface area contributed by atoms with E-state index >= 15 is 0 Å². The molecule has 4 rings (SSSR count). The van der Waals surface area contributed by atoms with E-state index in [1.54, 1.807) is 0 Å². The van der Waals surface area contributed by atoms with Crippen LogP contribution in [0.3, 0.4) is 0 Å². The summed E-state index contributed by atoms with van der Waals surface area (Å²) in [7, 11) is 2.09. The number of rotatable bonds is 0. The monoisotopic (exact) mass is 303 g/mol. The molecule has 0 saturated carbocycles. The molecule has 3 nitrogen and oxygen atoms in total. The van der Waals surface area contributed by atoms with Crippen LogP contribution in [0.4, 0.5) is 5.69 Å². The summed E-state index contributed by atoms with van der Waals surface area (Å²) in [5, 5.41) is 0.965. The summed E-state index contributed by atoms with van der Waals surface area (Å²) in [6.45, 7) is 2.97. The van der Waals surface area contributed by atoms with Crippen LogP contribution in [0.15, 0.2) is 57.7 Å². The first kappa shape index (κ1) is 13.8. The summed E-state index contributed by atoms with van der Waals surface area (Å²) in [5.41, 5.74) is 6.34. The summed E-state index contributed by atoms with van der Waals surface area (Å²) >= 11 is 0. The lowest BCUT2D eigenvalue weighted by atomic mass is 9.94. The zero-order valence-electron chi connectivity index (χ0n) is 13.2. The molecular weight excluding hydrogens is 286 g/mol. The van der Waals surface area contributed by atoms with Gasteiger partial charge in [-0.15, -0.1) is 0 Å². The first-order valence-electron chi connectivity index (χ1n) is 7.68. The second-order valence-electron chi connectivity index (χ2n) is 6.01. The SMILES string of the molecule is C/C1=C/c2c(ccc3oc(=O)ccc23)N(C)Cc2ccccc21. The summed E-state index contributed by atoms with van der Waals surface area (Å²) < 4.78 is 5.34. The molecule has 0 N–H and O–H groups in total. The third-order valence-corrected chi connectivity index (χ3v) is 4.44. The van der Waals surface area contributed by atoms with Gasteiger partial charge in [-0.2, -0.15) is 0 Å². The number of allylic oxidation sites excluding steroid dienone is 1. The first-order valence-corrected chi connectivity index (χ1v) is 7.68. The van der Waals surface area contributed by atoms with Gasteiger partial charge in [0.1, 0.15) is 5.58 Å². The minimum atomic E-state index is -0.317. The van der Waals surface area contributed by atoms with Crippen LogP contribution >= 0.6 is 0 Å². The third kappa shape index (κ3) is 2.25. The lowest BCUT2D eigenvalue weighted by molar-refractivity contribution is 0.561. The molecule has 0 radical (unpaired) electrons. The van der Waals surface area contributed by atoms with Crippen LogP contribution < -0.4 is 10.5 Å². The topological polar surface area (TPSA) is 33.5 Å². The molecule has 3 aromatic rings. The number of fused-ring (bicyclic) bond motifs is 4. The molecule has 1 aromatic heterocycles. The molecule has 23 heavy (non-hydrogen) atoms. The van der Waals surface area contributed by atoms with Crippen LogP contribution in [-0.2, 0) is 6.54 Å². The van der Waals surface area contributed by atoms with Crippen LogP contribution in [0.1, 0.15) is 23.6 Å². The highest BCUT2D eigenvalue weighted by Gasteiger charge is 2.16. The Morgan fingerprint density at radius 1 is 1.04 bits per heavy atom. The maximum atomic E-state index is 11.5. The Labute approximate surface area is 134 Å². The predicted octanol–water partition coefficient (Wildman–Crippen LogP) is 4.30. The molecule has 0 amide bonds. The Bertz CT molecular complexity index is 998. The van der Waals surface area contributed by atoms with Gasteiger partial charge in [-0.1, -0.05) is 24.3 Å². The molecule has 0 unspecified atom stereocenters. The fourth-order valence-corrected chi connectivity index (χ4v) is 3.32. The number of hydrogen-bond donors (Lipinski definition) is 0. The van der Waals surface area contributed by atoms with Crippen molar-refractivity contribution in [3.8, 4) is 0 Å². The van der Waals surface area contributed by atoms with E-state index in [1.165, 1.54) is 22.8 Å². The molecule has 0 bridgehead atoms. The standard InChI is InChI=1S/C20H17NO2/c1-13-11-17-16-7-10-20(22)23-19(16)9-8-18(17)21(2)12-14-5-3-4-6-15(13)14/h3-11H,12H2,1-2H3/b13-11-. The average molecular weight is 303 g/mol. The minimum absolute atomic E-state index is 0.317. The fourth-order valence-electron chi connectivity index (χ4n) is 3.32. The maximum Gasteiger partial charge on any atom is 0.336 e. The van der Waals surface area contributed by atoms with Gasteiger partial charge < -0.3 is 9.32 Å². The van der Waals surface area contributed by atoms with E-state index in [2.05, 4.69) is 49.2 Å². The molecular formula is C20H17NO2. The van der Waals surface area contributed by atoms with E-state index in [-0.39, 0.29) is 5.63 Å². The largest absolute Gasteiger partial charge is 0.423 e. The third-order valence-electron chi connectivity index (χ3n) is 4.44. The molecule has 2 aromatic carbocycles. The average Bonchev–Trinajstić information content (AvgIpc) is 2.54. The van der Waals surface area contributed by atoms with Gasteiger partial charge in [0.25, 0.3) is 0 Å². The van der Waals surface area contributed by atoms with Crippen LogP contribution in [0.5, 0.6) is 0 Å². The lowest BCUT2D eigenvalue weighted by Gasteiger charge is -2.26. The van der Waals surface area contributed by atoms with E-state index < -0.39 is 0 Å². The Hall–Kier alpha value is -2.81. The van der Waals surface area contributed by atoms with Crippen LogP contribution in [0.25, 0.3) is 22.6 Å². The highest BCUT2D eigenvalue weighted by Crippen LogP contribution is 2.35. The molecule has 3 heteroatoms. The molecule has 0 aliphatic carbocycles. The Kier molecular flexibility index (Phi) is 3.08. The van der Waals surface area contributed by atoms with Gasteiger partial charge in [0.2, 0.25) is 0 Å². The molecule has 2 heterocycles. The minimum Gasteiger partial charge on any atom is -0.423 e. The summed E-state index contributed by atoms with van der Waals surface area (Å²) in [4.78, 5) is 13.7. The van der Waals surface area contributed by atoms with Crippen molar-refractivity contribution in [1.82, 2.24) is 0 Å². The van der Waals surface area contributed by atoms with Gasteiger partial charge >= 0.3 is 5.63 Å². The van der Waals surface area contributed by atoms with E-state index in [0.29, 0.717) is 5.58 Å². The number of benzene rings is 2. The fraction of sp³-hybridized carbons (Fsp3) is 0.150. The molecule has 114 valence electrons. The normalized spacial score (nSPS) is 16.1. The summed E-state index contributed by atoms with van der Waals surface area (Å²) in [5.74, 6) is 0. The van der Waals surface area contributed by atoms with E-state index in [0.717, 1.165) is 23.2 Å². The summed E-state index contributed by atoms with van der Waals surface area (Å²) in [6, 6.07) is 15.7. The van der Waals surface area contributed by atoms with Crippen molar-refractivity contribution in [2.75, 3.05) is 11.9 Å². The second kappa shape index (κ2) is 5.13. The van der Waals surface area contributed by atoms with Crippen LogP contribution in [-0.4, -0.2) is 7.05 Å². The lowest BCUT2D eigenvalue weighted by Crippen LogP contribution is -2.19. The predicted molar refractivity (Wildman–Crippen MR) is 94.6 cm³/mol. The Morgan fingerprint density at radius 2 is 1.87 bits per heavy atom. The Balaban J connectivity index is 2.06. The zero-order valence-corrected chi connectivity index (χ0v) is 13.2. The smallest absolute Gasteiger partial charge is 0.336 e. The highest BCUT2D eigenvalue weighted by molar-refractivity contribution is 5.98. The van der Waals surface area contributed by atoms with Crippen molar-refractivity contribution in [1.29, 1.82) is 0 Å². The van der Waals surface area contributed by atoms with Crippen molar-refractivity contribution in [3.05, 3.63) is 75.6 Å². The van der Waals surface area contributed by atoms with Crippen molar-refractivity contribution in [2.24, 2.45) is 0 Å². The maximum absolute atomic E-state index is 11.5. The van der Waals surface area contributed by atoms with Crippen molar-refractivity contribution in [2.45, 2.75) is 13.5 Å². The van der Waals surface area contributed by atoms with Gasteiger partial charge in [-0.05, 0) is 47.9 Å². The molecule has 1 aliphatic rings. The molecule has 0 fully saturated rings. The highest BCUT2D eigenvalue weighted by atomic mass is 16.4. The first-order chi connectivity index (χ1) is 11.1. The Morgan fingerprint density at radius 3 is 2.74 bits per heavy atom. The second-order valence-corrected chi connectivity index (χ2v) is 6.01. The number of anilines is 1. The van der Waals surface area contributed by atoms with Gasteiger partial charge in [0.05, 0.1) is 0 Å². The van der Waals surface area contributed by atoms with Gasteiger partial charge in [0.15, 0.2) is 0 Å². The molecule has 0 saturated heterocycles. The van der Waals surface area contributed by atoms with Gasteiger partial charge in [0, 0.05) is 36.3 Å².